The number of oxime groups is 1. The van der Waals surface area contributed by atoms with Crippen molar-refractivity contribution in [3.05, 3.63) is 0 Å². The molecule has 1 aliphatic carbocycles. The smallest absolute Gasteiger partial charge is 0.140 e. The van der Waals surface area contributed by atoms with Crippen molar-refractivity contribution in [2.75, 3.05) is 13.1 Å². The monoisotopic (exact) mass is 225 g/mol. The van der Waals surface area contributed by atoms with Crippen LogP contribution in [0.4, 0.5) is 0 Å². The first-order valence-electron chi connectivity index (χ1n) is 6.51. The fourth-order valence-electron chi connectivity index (χ4n) is 3.31. The Balaban J connectivity index is 1.83. The minimum absolute atomic E-state index is 0.358. The van der Waals surface area contributed by atoms with Gasteiger partial charge in [0.2, 0.25) is 0 Å². The summed E-state index contributed by atoms with van der Waals surface area (Å²) in [6.45, 7) is 2.15. The molecule has 1 heterocycles. The van der Waals surface area contributed by atoms with E-state index in [9.17, 15) is 0 Å². The Morgan fingerprint density at radius 3 is 2.69 bits per heavy atom. The van der Waals surface area contributed by atoms with Crippen molar-refractivity contribution in [1.29, 1.82) is 0 Å². The molecule has 16 heavy (non-hydrogen) atoms. The van der Waals surface area contributed by atoms with Crippen LogP contribution in [0.5, 0.6) is 0 Å². The summed E-state index contributed by atoms with van der Waals surface area (Å²) in [6.07, 6.45) is 9.00. The Morgan fingerprint density at radius 1 is 1.25 bits per heavy atom. The van der Waals surface area contributed by atoms with E-state index in [1.54, 1.807) is 0 Å². The summed E-state index contributed by atoms with van der Waals surface area (Å²) < 4.78 is 0. The van der Waals surface area contributed by atoms with Gasteiger partial charge in [0.1, 0.15) is 5.84 Å². The minimum Gasteiger partial charge on any atom is -0.409 e. The van der Waals surface area contributed by atoms with E-state index >= 15 is 0 Å². The highest BCUT2D eigenvalue weighted by molar-refractivity contribution is 5.79. The molecule has 0 aromatic rings. The first-order valence-corrected chi connectivity index (χ1v) is 6.51. The molecule has 4 heteroatoms. The van der Waals surface area contributed by atoms with Crippen LogP contribution in [0.3, 0.4) is 0 Å². The molecule has 0 spiro atoms. The van der Waals surface area contributed by atoms with Gasteiger partial charge >= 0.3 is 0 Å². The molecule has 1 saturated heterocycles. The Labute approximate surface area is 97.5 Å². The molecule has 2 aliphatic rings. The second-order valence-electron chi connectivity index (χ2n) is 5.13. The Hall–Kier alpha value is -0.770. The number of hydrogen-bond donors (Lipinski definition) is 2. The predicted molar refractivity (Wildman–Crippen MR) is 64.6 cm³/mol. The molecule has 0 aromatic heterocycles. The van der Waals surface area contributed by atoms with Gasteiger partial charge in [0.25, 0.3) is 0 Å². The van der Waals surface area contributed by atoms with Gasteiger partial charge in [-0.3, -0.25) is 4.90 Å². The van der Waals surface area contributed by atoms with E-state index in [2.05, 4.69) is 10.1 Å². The molecule has 1 unspecified atom stereocenters. The number of rotatable bonds is 4. The summed E-state index contributed by atoms with van der Waals surface area (Å²) >= 11 is 0. The SMILES string of the molecule is NC(CCN1CCCC1C1CCCC1)=NO. The lowest BCUT2D eigenvalue weighted by atomic mass is 9.96. The zero-order valence-electron chi connectivity index (χ0n) is 9.94. The highest BCUT2D eigenvalue weighted by Crippen LogP contribution is 2.35. The van der Waals surface area contributed by atoms with Crippen LogP contribution >= 0.6 is 0 Å². The number of likely N-dealkylation sites (tertiary alicyclic amines) is 1. The molecule has 4 nitrogen and oxygen atoms in total. The average Bonchev–Trinajstić information content (AvgIpc) is 2.95. The van der Waals surface area contributed by atoms with Crippen LogP contribution in [-0.4, -0.2) is 35.1 Å². The molecule has 0 amide bonds. The van der Waals surface area contributed by atoms with Gasteiger partial charge in [-0.15, -0.1) is 0 Å². The van der Waals surface area contributed by atoms with Gasteiger partial charge in [0, 0.05) is 19.0 Å². The summed E-state index contributed by atoms with van der Waals surface area (Å²) in [5, 5.41) is 11.6. The molecule has 0 aromatic carbocycles. The number of nitrogens with zero attached hydrogens (tertiary/aromatic N) is 2. The summed E-state index contributed by atoms with van der Waals surface area (Å²) in [4.78, 5) is 2.55. The van der Waals surface area contributed by atoms with Gasteiger partial charge in [-0.2, -0.15) is 0 Å². The van der Waals surface area contributed by atoms with E-state index in [0.717, 1.165) is 18.5 Å². The molecule has 2 fully saturated rings. The molecule has 0 radical (unpaired) electrons. The summed E-state index contributed by atoms with van der Waals surface area (Å²) in [6, 6.07) is 0.772. The standard InChI is InChI=1S/C12H23N3O/c13-12(14-16)7-9-15-8-3-6-11(15)10-4-1-2-5-10/h10-11,16H,1-9H2,(H2,13,14). The van der Waals surface area contributed by atoms with Crippen LogP contribution in [0.15, 0.2) is 5.16 Å². The van der Waals surface area contributed by atoms with Crippen molar-refractivity contribution in [1.82, 2.24) is 4.90 Å². The molecular weight excluding hydrogens is 202 g/mol. The number of hydrogen-bond acceptors (Lipinski definition) is 3. The number of amidine groups is 1. The maximum Gasteiger partial charge on any atom is 0.140 e. The average molecular weight is 225 g/mol. The quantitative estimate of drug-likeness (QED) is 0.332. The highest BCUT2D eigenvalue weighted by Gasteiger charge is 2.32. The zero-order chi connectivity index (χ0) is 11.4. The van der Waals surface area contributed by atoms with E-state index < -0.39 is 0 Å². The van der Waals surface area contributed by atoms with Gasteiger partial charge in [0.15, 0.2) is 0 Å². The third-order valence-electron chi connectivity index (χ3n) is 4.14. The van der Waals surface area contributed by atoms with Gasteiger partial charge in [-0.1, -0.05) is 18.0 Å². The van der Waals surface area contributed by atoms with Crippen LogP contribution < -0.4 is 5.73 Å². The molecule has 92 valence electrons. The van der Waals surface area contributed by atoms with Crippen LogP contribution in [0.25, 0.3) is 0 Å². The van der Waals surface area contributed by atoms with E-state index in [1.165, 1.54) is 45.1 Å². The molecule has 1 aliphatic heterocycles. The third-order valence-corrected chi connectivity index (χ3v) is 4.14. The van der Waals surface area contributed by atoms with Crippen molar-refractivity contribution in [2.45, 2.75) is 51.0 Å². The zero-order valence-corrected chi connectivity index (χ0v) is 9.94. The Kier molecular flexibility index (Phi) is 4.04. The number of nitrogens with two attached hydrogens (primary N) is 1. The topological polar surface area (TPSA) is 61.8 Å². The van der Waals surface area contributed by atoms with Crippen LogP contribution in [0.2, 0.25) is 0 Å². The lowest BCUT2D eigenvalue weighted by Gasteiger charge is -2.29. The third kappa shape index (κ3) is 2.67. The lowest BCUT2D eigenvalue weighted by molar-refractivity contribution is 0.194. The summed E-state index contributed by atoms with van der Waals surface area (Å²) in [5.74, 6) is 1.27. The first-order chi connectivity index (χ1) is 7.81. The molecular formula is C12H23N3O. The molecule has 0 bridgehead atoms. The molecule has 3 N–H and O–H groups in total. The fourth-order valence-corrected chi connectivity index (χ4v) is 3.31. The van der Waals surface area contributed by atoms with Crippen LogP contribution in [0, 0.1) is 5.92 Å². The highest BCUT2D eigenvalue weighted by atomic mass is 16.4. The van der Waals surface area contributed by atoms with Gasteiger partial charge in [0.05, 0.1) is 0 Å². The first kappa shape index (κ1) is 11.7. The van der Waals surface area contributed by atoms with Crippen molar-refractivity contribution in [3.8, 4) is 0 Å². The normalized spacial score (nSPS) is 29.0. The van der Waals surface area contributed by atoms with E-state index in [4.69, 9.17) is 10.9 Å². The van der Waals surface area contributed by atoms with Crippen molar-refractivity contribution in [2.24, 2.45) is 16.8 Å². The minimum atomic E-state index is 0.358. The maximum atomic E-state index is 8.53. The predicted octanol–water partition coefficient (Wildman–Crippen LogP) is 1.78. The van der Waals surface area contributed by atoms with Gasteiger partial charge in [-0.25, -0.2) is 0 Å². The van der Waals surface area contributed by atoms with Crippen molar-refractivity contribution in [3.63, 3.8) is 0 Å². The van der Waals surface area contributed by atoms with Crippen LogP contribution in [-0.2, 0) is 0 Å². The van der Waals surface area contributed by atoms with E-state index in [-0.39, 0.29) is 0 Å². The Bertz CT molecular complexity index is 249. The largest absolute Gasteiger partial charge is 0.409 e. The van der Waals surface area contributed by atoms with Crippen molar-refractivity contribution < 1.29 is 5.21 Å². The maximum absolute atomic E-state index is 8.53. The van der Waals surface area contributed by atoms with E-state index in [1.807, 2.05) is 0 Å². The Morgan fingerprint density at radius 2 is 2.00 bits per heavy atom. The van der Waals surface area contributed by atoms with Crippen molar-refractivity contribution >= 4 is 5.84 Å². The second-order valence-corrected chi connectivity index (χ2v) is 5.13. The second kappa shape index (κ2) is 5.53. The molecule has 1 saturated carbocycles. The fraction of sp³-hybridized carbons (Fsp3) is 0.917. The lowest BCUT2D eigenvalue weighted by Crippen LogP contribution is -2.36. The summed E-state index contributed by atoms with van der Waals surface area (Å²) in [7, 11) is 0. The van der Waals surface area contributed by atoms with Gasteiger partial charge < -0.3 is 10.9 Å². The van der Waals surface area contributed by atoms with E-state index in [0.29, 0.717) is 12.3 Å². The molecule has 2 rings (SSSR count). The van der Waals surface area contributed by atoms with Gasteiger partial charge in [-0.05, 0) is 38.1 Å². The molecule has 1 atom stereocenters. The van der Waals surface area contributed by atoms with Crippen LogP contribution in [0.1, 0.15) is 44.9 Å². The summed E-state index contributed by atoms with van der Waals surface area (Å²) in [5.41, 5.74) is 5.52.